The number of rotatable bonds is 6. The van der Waals surface area contributed by atoms with Crippen LogP contribution in [0.2, 0.25) is 0 Å². The highest BCUT2D eigenvalue weighted by atomic mass is 15.1. The van der Waals surface area contributed by atoms with Crippen LogP contribution in [-0.2, 0) is 26.1 Å². The Morgan fingerprint density at radius 3 is 2.83 bits per heavy atom. The van der Waals surface area contributed by atoms with Crippen LogP contribution in [0, 0.1) is 0 Å². The van der Waals surface area contributed by atoms with Gasteiger partial charge in [0.05, 0.1) is 5.69 Å². The van der Waals surface area contributed by atoms with E-state index in [2.05, 4.69) is 65.4 Å². The van der Waals surface area contributed by atoms with Crippen LogP contribution in [0.15, 0.2) is 42.6 Å². The zero-order chi connectivity index (χ0) is 16.1. The molecule has 0 aliphatic carbocycles. The summed E-state index contributed by atoms with van der Waals surface area (Å²) in [5.41, 5.74) is 5.54. The molecule has 1 aromatic carbocycles. The molecule has 2 heterocycles. The van der Waals surface area contributed by atoms with Crippen molar-refractivity contribution < 1.29 is 0 Å². The van der Waals surface area contributed by atoms with Crippen LogP contribution in [0.5, 0.6) is 0 Å². The highest BCUT2D eigenvalue weighted by Gasteiger charge is 2.19. The third kappa shape index (κ3) is 4.18. The number of benzene rings is 1. The summed E-state index contributed by atoms with van der Waals surface area (Å²) in [4.78, 5) is 7.16. The van der Waals surface area contributed by atoms with Crippen molar-refractivity contribution in [3.63, 3.8) is 0 Å². The maximum atomic E-state index is 4.63. The van der Waals surface area contributed by atoms with Crippen LogP contribution in [0.4, 0.5) is 0 Å². The first-order valence-corrected chi connectivity index (χ1v) is 8.71. The van der Waals surface area contributed by atoms with Crippen LogP contribution in [0.25, 0.3) is 0 Å². The molecule has 0 amide bonds. The van der Waals surface area contributed by atoms with E-state index < -0.39 is 0 Å². The number of hydrogen-bond acceptors (Lipinski definition) is 3. The lowest BCUT2D eigenvalue weighted by Gasteiger charge is -2.30. The largest absolute Gasteiger partial charge is 0.309 e. The van der Waals surface area contributed by atoms with Crippen molar-refractivity contribution in [1.82, 2.24) is 15.2 Å². The Kier molecular flexibility index (Phi) is 5.42. The van der Waals surface area contributed by atoms with Gasteiger partial charge in [-0.15, -0.1) is 0 Å². The van der Waals surface area contributed by atoms with E-state index in [0.29, 0.717) is 6.04 Å². The second-order valence-electron chi connectivity index (χ2n) is 6.53. The fourth-order valence-corrected chi connectivity index (χ4v) is 3.17. The third-order valence-electron chi connectivity index (χ3n) is 4.79. The molecule has 0 saturated heterocycles. The molecule has 1 unspecified atom stereocenters. The van der Waals surface area contributed by atoms with Crippen molar-refractivity contribution in [2.45, 2.75) is 52.4 Å². The first-order chi connectivity index (χ1) is 11.3. The van der Waals surface area contributed by atoms with Gasteiger partial charge in [0.1, 0.15) is 0 Å². The summed E-state index contributed by atoms with van der Waals surface area (Å²) in [6, 6.07) is 13.5. The van der Waals surface area contributed by atoms with Crippen molar-refractivity contribution in [1.29, 1.82) is 0 Å². The van der Waals surface area contributed by atoms with E-state index in [1.54, 1.807) is 0 Å². The zero-order valence-electron chi connectivity index (χ0n) is 14.3. The van der Waals surface area contributed by atoms with Crippen LogP contribution >= 0.6 is 0 Å². The van der Waals surface area contributed by atoms with Gasteiger partial charge in [0.15, 0.2) is 0 Å². The van der Waals surface area contributed by atoms with Crippen molar-refractivity contribution in [3.05, 3.63) is 65.0 Å². The Morgan fingerprint density at radius 2 is 2.04 bits per heavy atom. The van der Waals surface area contributed by atoms with Crippen LogP contribution in [0.1, 0.15) is 42.7 Å². The molecule has 23 heavy (non-hydrogen) atoms. The second kappa shape index (κ2) is 7.71. The van der Waals surface area contributed by atoms with Crippen molar-refractivity contribution in [2.24, 2.45) is 0 Å². The smallest absolute Gasteiger partial charge is 0.0577 e. The lowest BCUT2D eigenvalue weighted by atomic mass is 9.98. The minimum Gasteiger partial charge on any atom is -0.309 e. The average Bonchev–Trinajstić information content (AvgIpc) is 2.60. The highest BCUT2D eigenvalue weighted by molar-refractivity contribution is 5.32. The summed E-state index contributed by atoms with van der Waals surface area (Å²) >= 11 is 0. The Morgan fingerprint density at radius 1 is 1.22 bits per heavy atom. The standard InChI is InChI=1S/C20H27N3/c1-3-16(2)22-13-20-19-10-12-23(15-18(19)9-11-21-20)14-17-7-5-4-6-8-17/h4-9,11,16,22H,3,10,12-15H2,1-2H3. The number of fused-ring (bicyclic) bond motifs is 1. The molecule has 2 aromatic rings. The number of pyridine rings is 1. The first-order valence-electron chi connectivity index (χ1n) is 8.71. The maximum absolute atomic E-state index is 4.63. The zero-order valence-corrected chi connectivity index (χ0v) is 14.3. The van der Waals surface area contributed by atoms with Crippen LogP contribution < -0.4 is 5.32 Å². The topological polar surface area (TPSA) is 28.2 Å². The molecule has 0 fully saturated rings. The van der Waals surface area contributed by atoms with Gasteiger partial charge < -0.3 is 5.32 Å². The summed E-state index contributed by atoms with van der Waals surface area (Å²) in [5.74, 6) is 0. The van der Waals surface area contributed by atoms with E-state index in [-0.39, 0.29) is 0 Å². The Balaban J connectivity index is 1.67. The third-order valence-corrected chi connectivity index (χ3v) is 4.79. The fraction of sp³-hybridized carbons (Fsp3) is 0.450. The van der Waals surface area contributed by atoms with E-state index in [1.165, 1.54) is 22.4 Å². The summed E-state index contributed by atoms with van der Waals surface area (Å²) in [7, 11) is 0. The van der Waals surface area contributed by atoms with Crippen LogP contribution in [0.3, 0.4) is 0 Å². The lowest BCUT2D eigenvalue weighted by Crippen LogP contribution is -2.32. The molecule has 3 rings (SSSR count). The van der Waals surface area contributed by atoms with E-state index in [9.17, 15) is 0 Å². The van der Waals surface area contributed by atoms with E-state index in [4.69, 9.17) is 0 Å². The molecular formula is C20H27N3. The minimum atomic E-state index is 0.547. The molecular weight excluding hydrogens is 282 g/mol. The first kappa shape index (κ1) is 16.2. The minimum absolute atomic E-state index is 0.547. The van der Waals surface area contributed by atoms with Crippen LogP contribution in [-0.4, -0.2) is 22.5 Å². The quantitative estimate of drug-likeness (QED) is 0.885. The van der Waals surface area contributed by atoms with Gasteiger partial charge in [-0.25, -0.2) is 0 Å². The molecule has 0 radical (unpaired) electrons. The van der Waals surface area contributed by atoms with Gasteiger partial charge in [-0.05, 0) is 42.5 Å². The molecule has 3 heteroatoms. The fourth-order valence-electron chi connectivity index (χ4n) is 3.17. The van der Waals surface area contributed by atoms with Gasteiger partial charge in [-0.1, -0.05) is 37.3 Å². The van der Waals surface area contributed by atoms with Gasteiger partial charge in [-0.2, -0.15) is 0 Å². The summed E-state index contributed by atoms with van der Waals surface area (Å²) in [6.45, 7) is 8.51. The molecule has 122 valence electrons. The molecule has 1 aliphatic heterocycles. The SMILES string of the molecule is CCC(C)NCc1nccc2c1CCN(Cc1ccccc1)C2. The van der Waals surface area contributed by atoms with E-state index in [1.807, 2.05) is 6.20 Å². The number of hydrogen-bond donors (Lipinski definition) is 1. The predicted octanol–water partition coefficient (Wildman–Crippen LogP) is 3.53. The summed E-state index contributed by atoms with van der Waals surface area (Å²) < 4.78 is 0. The van der Waals surface area contributed by atoms with Gasteiger partial charge in [0.2, 0.25) is 0 Å². The van der Waals surface area contributed by atoms with E-state index in [0.717, 1.165) is 39.0 Å². The average molecular weight is 309 g/mol. The molecule has 1 aliphatic rings. The summed E-state index contributed by atoms with van der Waals surface area (Å²) in [6.07, 6.45) is 4.23. The molecule has 1 aromatic heterocycles. The van der Waals surface area contributed by atoms with Crippen molar-refractivity contribution in [3.8, 4) is 0 Å². The maximum Gasteiger partial charge on any atom is 0.0577 e. The van der Waals surface area contributed by atoms with Gasteiger partial charge in [0.25, 0.3) is 0 Å². The molecule has 0 bridgehead atoms. The predicted molar refractivity (Wildman–Crippen MR) is 95.1 cm³/mol. The van der Waals surface area contributed by atoms with Gasteiger partial charge >= 0.3 is 0 Å². The number of nitrogens with one attached hydrogen (secondary N) is 1. The van der Waals surface area contributed by atoms with Gasteiger partial charge in [0, 0.05) is 38.4 Å². The molecule has 3 nitrogen and oxygen atoms in total. The summed E-state index contributed by atoms with van der Waals surface area (Å²) in [5, 5.41) is 3.57. The molecule has 0 saturated carbocycles. The molecule has 0 spiro atoms. The Labute approximate surface area is 139 Å². The highest BCUT2D eigenvalue weighted by Crippen LogP contribution is 2.22. The van der Waals surface area contributed by atoms with Gasteiger partial charge in [-0.3, -0.25) is 9.88 Å². The Bertz CT molecular complexity index is 624. The number of nitrogens with zero attached hydrogens (tertiary/aromatic N) is 2. The lowest BCUT2D eigenvalue weighted by molar-refractivity contribution is 0.244. The monoisotopic (exact) mass is 309 g/mol. The molecule has 1 N–H and O–H groups in total. The van der Waals surface area contributed by atoms with Crippen molar-refractivity contribution >= 4 is 0 Å². The number of aromatic nitrogens is 1. The molecule has 1 atom stereocenters. The van der Waals surface area contributed by atoms with E-state index >= 15 is 0 Å². The van der Waals surface area contributed by atoms with Crippen molar-refractivity contribution in [2.75, 3.05) is 6.54 Å². The normalized spacial score (nSPS) is 16.1. The second-order valence-corrected chi connectivity index (χ2v) is 6.53. The Hall–Kier alpha value is -1.71.